The summed E-state index contributed by atoms with van der Waals surface area (Å²) in [4.78, 5) is 5.19. The van der Waals surface area contributed by atoms with Crippen molar-refractivity contribution in [2.75, 3.05) is 39.8 Å². The Morgan fingerprint density at radius 3 is 2.63 bits per heavy atom. The number of methoxy groups -OCH3 is 1. The minimum Gasteiger partial charge on any atom is -0.494 e. The van der Waals surface area contributed by atoms with E-state index in [4.69, 9.17) is 4.74 Å². The molecule has 0 radical (unpaired) electrons. The van der Waals surface area contributed by atoms with Crippen molar-refractivity contribution in [2.24, 2.45) is 5.92 Å². The SMILES string of the molecule is COc1c(Br)cc2c(c1Br)[C@@]13CCN(CCn4cc(C)cn4)CC[C@@]1(O)[C@@H](C2)N(CC1CC1)CC3. The molecule has 1 aromatic heterocycles. The lowest BCUT2D eigenvalue weighted by Crippen LogP contribution is -2.71. The predicted octanol–water partition coefficient (Wildman–Crippen LogP) is 4.53. The van der Waals surface area contributed by atoms with Gasteiger partial charge in [0.05, 0.1) is 34.4 Å². The second-order valence-electron chi connectivity index (χ2n) is 11.3. The van der Waals surface area contributed by atoms with E-state index in [2.05, 4.69) is 65.9 Å². The van der Waals surface area contributed by atoms with Gasteiger partial charge in [0.2, 0.25) is 0 Å². The molecule has 1 saturated carbocycles. The Bertz CT molecular complexity index is 1120. The number of hydrogen-bond donors (Lipinski definition) is 1. The summed E-state index contributed by atoms with van der Waals surface area (Å²) in [5, 5.41) is 17.3. The molecular formula is C27H36Br2N4O2. The second-order valence-corrected chi connectivity index (χ2v) is 12.9. The van der Waals surface area contributed by atoms with E-state index in [1.807, 2.05) is 10.9 Å². The third kappa shape index (κ3) is 4.02. The molecule has 2 aliphatic heterocycles. The molecular weight excluding hydrogens is 572 g/mol. The minimum atomic E-state index is -0.745. The molecule has 2 aromatic rings. The first-order chi connectivity index (χ1) is 16.8. The molecule has 6 nitrogen and oxygen atoms in total. The van der Waals surface area contributed by atoms with Crippen molar-refractivity contribution in [2.45, 2.75) is 69.1 Å². The number of likely N-dealkylation sites (tertiary alicyclic amines) is 2. The van der Waals surface area contributed by atoms with Crippen LogP contribution in [0.25, 0.3) is 0 Å². The maximum absolute atomic E-state index is 12.8. The number of aromatic nitrogens is 2. The number of halogens is 2. The third-order valence-electron chi connectivity index (χ3n) is 9.26. The molecule has 8 heteroatoms. The maximum atomic E-state index is 12.8. The lowest BCUT2D eigenvalue weighted by molar-refractivity contribution is -0.149. The lowest BCUT2D eigenvalue weighted by atomic mass is 9.52. The summed E-state index contributed by atoms with van der Waals surface area (Å²) in [6.45, 7) is 8.05. The second kappa shape index (κ2) is 9.12. The Kier molecular flexibility index (Phi) is 6.36. The predicted molar refractivity (Wildman–Crippen MR) is 144 cm³/mol. The number of benzene rings is 1. The summed E-state index contributed by atoms with van der Waals surface area (Å²) in [5.41, 5.74) is 2.85. The van der Waals surface area contributed by atoms with Gasteiger partial charge in [0, 0.05) is 37.3 Å². The fraction of sp³-hybridized carbons (Fsp3) is 0.667. The summed E-state index contributed by atoms with van der Waals surface area (Å²) < 4.78 is 9.87. The monoisotopic (exact) mass is 606 g/mol. The van der Waals surface area contributed by atoms with Crippen molar-refractivity contribution in [1.29, 1.82) is 0 Å². The summed E-state index contributed by atoms with van der Waals surface area (Å²) in [5.74, 6) is 1.66. The zero-order valence-electron chi connectivity index (χ0n) is 20.8. The topological polar surface area (TPSA) is 53.8 Å². The van der Waals surface area contributed by atoms with E-state index >= 15 is 0 Å². The van der Waals surface area contributed by atoms with Crippen LogP contribution in [0.15, 0.2) is 27.4 Å². The fourth-order valence-electron chi connectivity index (χ4n) is 7.26. The molecule has 3 atom stereocenters. The van der Waals surface area contributed by atoms with Crippen LogP contribution in [-0.4, -0.2) is 76.2 Å². The zero-order chi connectivity index (χ0) is 24.4. The average molecular weight is 608 g/mol. The molecule has 35 heavy (non-hydrogen) atoms. The van der Waals surface area contributed by atoms with Crippen molar-refractivity contribution in [3.8, 4) is 5.75 Å². The number of nitrogens with zero attached hydrogens (tertiary/aromatic N) is 4. The van der Waals surface area contributed by atoms with Gasteiger partial charge in [-0.3, -0.25) is 9.58 Å². The van der Waals surface area contributed by atoms with Crippen LogP contribution in [0.1, 0.15) is 48.8 Å². The van der Waals surface area contributed by atoms with E-state index in [0.29, 0.717) is 0 Å². The Hall–Kier alpha value is -0.930. The number of rotatable bonds is 6. The van der Waals surface area contributed by atoms with Crippen molar-refractivity contribution < 1.29 is 9.84 Å². The number of aryl methyl sites for hydroxylation is 1. The first-order valence-electron chi connectivity index (χ1n) is 13.1. The Morgan fingerprint density at radius 1 is 1.14 bits per heavy atom. The van der Waals surface area contributed by atoms with Gasteiger partial charge in [-0.15, -0.1) is 0 Å². The molecule has 1 aromatic carbocycles. The number of fused-ring (bicyclic) bond motifs is 1. The smallest absolute Gasteiger partial charge is 0.147 e. The standard InChI is InChI=1S/C27H36Br2N4O2/c1-18-15-30-33(16-18)12-11-31-8-5-26-6-10-32(17-19-3-4-19)22(27(26,34)7-9-31)14-20-13-21(28)25(35-2)24(29)23(20)26/h13,15-16,19,22,34H,3-12,14,17H2,1-2H3/t22-,26+,27-/m1/s1. The molecule has 3 heterocycles. The van der Waals surface area contributed by atoms with E-state index in [0.717, 1.165) is 85.6 Å². The van der Waals surface area contributed by atoms with Crippen molar-refractivity contribution >= 4 is 31.9 Å². The fourth-order valence-corrected chi connectivity index (χ4v) is 9.17. The van der Waals surface area contributed by atoms with Gasteiger partial charge in [-0.2, -0.15) is 5.10 Å². The molecule has 4 aliphatic rings. The van der Waals surface area contributed by atoms with Gasteiger partial charge < -0.3 is 14.7 Å². The van der Waals surface area contributed by atoms with Gasteiger partial charge in [0.25, 0.3) is 0 Å². The molecule has 190 valence electrons. The minimum absolute atomic E-state index is 0.172. The van der Waals surface area contributed by atoms with Gasteiger partial charge in [0.15, 0.2) is 0 Å². The summed E-state index contributed by atoms with van der Waals surface area (Å²) >= 11 is 7.70. The van der Waals surface area contributed by atoms with Gasteiger partial charge in [-0.1, -0.05) is 0 Å². The summed E-state index contributed by atoms with van der Waals surface area (Å²) in [7, 11) is 1.73. The van der Waals surface area contributed by atoms with Gasteiger partial charge in [-0.05, 0) is 119 Å². The molecule has 1 N–H and O–H groups in total. The van der Waals surface area contributed by atoms with Crippen LogP contribution in [-0.2, 0) is 18.4 Å². The zero-order valence-corrected chi connectivity index (χ0v) is 23.9. The van der Waals surface area contributed by atoms with E-state index in [1.165, 1.54) is 29.5 Å². The van der Waals surface area contributed by atoms with Crippen LogP contribution in [0, 0.1) is 12.8 Å². The molecule has 2 aliphatic carbocycles. The highest BCUT2D eigenvalue weighted by Crippen LogP contribution is 2.59. The molecule has 6 rings (SSSR count). The summed E-state index contributed by atoms with van der Waals surface area (Å²) in [6, 6.07) is 2.43. The lowest BCUT2D eigenvalue weighted by Gasteiger charge is -2.62. The summed E-state index contributed by atoms with van der Waals surface area (Å²) in [6.07, 6.45) is 10.4. The highest BCUT2D eigenvalue weighted by Gasteiger charge is 2.64. The molecule has 0 amide bonds. The van der Waals surface area contributed by atoms with E-state index in [1.54, 1.807) is 7.11 Å². The van der Waals surface area contributed by atoms with Crippen molar-refractivity contribution in [3.05, 3.63) is 44.1 Å². The molecule has 3 fully saturated rings. The number of aliphatic hydroxyl groups is 1. The van der Waals surface area contributed by atoms with Crippen LogP contribution < -0.4 is 4.74 Å². The molecule has 2 saturated heterocycles. The molecule has 0 unspecified atom stereocenters. The normalized spacial score (nSPS) is 31.1. The first-order valence-corrected chi connectivity index (χ1v) is 14.7. The highest BCUT2D eigenvalue weighted by molar-refractivity contribution is 9.11. The van der Waals surface area contributed by atoms with E-state index < -0.39 is 5.60 Å². The van der Waals surface area contributed by atoms with E-state index in [9.17, 15) is 5.11 Å². The number of ether oxygens (including phenoxy) is 1. The average Bonchev–Trinajstić information content (AvgIpc) is 3.57. The van der Waals surface area contributed by atoms with Crippen LogP contribution in [0.5, 0.6) is 5.75 Å². The Morgan fingerprint density at radius 2 is 1.91 bits per heavy atom. The van der Waals surface area contributed by atoms with Crippen molar-refractivity contribution in [1.82, 2.24) is 19.6 Å². The highest BCUT2D eigenvalue weighted by atomic mass is 79.9. The number of hydrogen-bond acceptors (Lipinski definition) is 5. The maximum Gasteiger partial charge on any atom is 0.147 e. The van der Waals surface area contributed by atoms with E-state index in [-0.39, 0.29) is 11.5 Å². The molecule has 2 bridgehead atoms. The largest absolute Gasteiger partial charge is 0.494 e. The van der Waals surface area contributed by atoms with Crippen LogP contribution in [0.2, 0.25) is 0 Å². The van der Waals surface area contributed by atoms with Crippen LogP contribution in [0.4, 0.5) is 0 Å². The quantitative estimate of drug-likeness (QED) is 0.523. The Balaban J connectivity index is 1.37. The van der Waals surface area contributed by atoms with Crippen LogP contribution >= 0.6 is 31.9 Å². The third-order valence-corrected chi connectivity index (χ3v) is 10.6. The van der Waals surface area contributed by atoms with Gasteiger partial charge in [0.1, 0.15) is 5.75 Å². The molecule has 0 spiro atoms. The van der Waals surface area contributed by atoms with Crippen LogP contribution in [0.3, 0.4) is 0 Å². The Labute approximate surface area is 225 Å². The van der Waals surface area contributed by atoms with Crippen molar-refractivity contribution in [3.63, 3.8) is 0 Å². The van der Waals surface area contributed by atoms with Gasteiger partial charge in [-0.25, -0.2) is 0 Å². The van der Waals surface area contributed by atoms with Gasteiger partial charge >= 0.3 is 0 Å². The number of piperidine rings is 1. The first kappa shape index (κ1) is 24.4.